The SMILES string of the molecule is CC[C@@H](C(=O)NCCSC(C)(C)C)N(c1ccc(OC)c(Cl)c1)S(C)(=O)=O. The number of hydrogen-bond acceptors (Lipinski definition) is 5. The van der Waals surface area contributed by atoms with E-state index in [1.54, 1.807) is 30.8 Å². The van der Waals surface area contributed by atoms with Crippen molar-refractivity contribution in [3.05, 3.63) is 23.2 Å². The molecule has 0 heterocycles. The summed E-state index contributed by atoms with van der Waals surface area (Å²) in [5.74, 6) is 0.855. The van der Waals surface area contributed by atoms with Gasteiger partial charge in [-0.1, -0.05) is 39.3 Å². The molecular weight excluding hydrogens is 408 g/mol. The minimum atomic E-state index is -3.70. The number of hydrogen-bond donors (Lipinski definition) is 1. The van der Waals surface area contributed by atoms with Gasteiger partial charge in [0, 0.05) is 17.0 Å². The van der Waals surface area contributed by atoms with E-state index in [-0.39, 0.29) is 15.7 Å². The lowest BCUT2D eigenvalue weighted by molar-refractivity contribution is -0.122. The monoisotopic (exact) mass is 436 g/mol. The van der Waals surface area contributed by atoms with Crippen LogP contribution >= 0.6 is 23.4 Å². The predicted molar refractivity (Wildman–Crippen MR) is 115 cm³/mol. The number of methoxy groups -OCH3 is 1. The van der Waals surface area contributed by atoms with Gasteiger partial charge in [0.15, 0.2) is 0 Å². The molecule has 0 aliphatic rings. The molecule has 0 spiro atoms. The van der Waals surface area contributed by atoms with Crippen LogP contribution in [-0.2, 0) is 14.8 Å². The van der Waals surface area contributed by atoms with Crippen molar-refractivity contribution in [1.82, 2.24) is 5.32 Å². The normalized spacial score (nSPS) is 13.1. The number of sulfonamides is 1. The summed E-state index contributed by atoms with van der Waals surface area (Å²) in [7, 11) is -2.22. The Balaban J connectivity index is 3.03. The van der Waals surface area contributed by atoms with Crippen LogP contribution in [0.4, 0.5) is 5.69 Å². The molecule has 1 rings (SSSR count). The number of halogens is 1. The molecule has 0 aromatic heterocycles. The highest BCUT2D eigenvalue weighted by Crippen LogP contribution is 2.31. The average molecular weight is 437 g/mol. The predicted octanol–water partition coefficient (Wildman–Crippen LogP) is 3.54. The van der Waals surface area contributed by atoms with Crippen LogP contribution in [0.1, 0.15) is 34.1 Å². The van der Waals surface area contributed by atoms with E-state index in [9.17, 15) is 13.2 Å². The van der Waals surface area contributed by atoms with E-state index in [1.165, 1.54) is 13.2 Å². The van der Waals surface area contributed by atoms with Crippen LogP contribution < -0.4 is 14.4 Å². The van der Waals surface area contributed by atoms with Crippen molar-refractivity contribution in [2.75, 3.05) is 30.0 Å². The Labute approximate surface area is 172 Å². The Hall–Kier alpha value is -1.12. The number of nitrogens with one attached hydrogen (secondary N) is 1. The summed E-state index contributed by atoms with van der Waals surface area (Å²) in [5.41, 5.74) is 0.328. The van der Waals surface area contributed by atoms with Gasteiger partial charge in [-0.05, 0) is 24.6 Å². The number of amides is 1. The van der Waals surface area contributed by atoms with E-state index < -0.39 is 16.1 Å². The molecule has 1 aromatic carbocycles. The van der Waals surface area contributed by atoms with Crippen LogP contribution in [0.25, 0.3) is 0 Å². The van der Waals surface area contributed by atoms with Gasteiger partial charge < -0.3 is 10.1 Å². The number of ether oxygens (including phenoxy) is 1. The number of rotatable bonds is 9. The van der Waals surface area contributed by atoms with E-state index in [2.05, 4.69) is 26.1 Å². The summed E-state index contributed by atoms with van der Waals surface area (Å²) in [6.07, 6.45) is 1.41. The number of carbonyl (C=O) groups excluding carboxylic acids is 1. The molecule has 0 bridgehead atoms. The maximum atomic E-state index is 12.7. The van der Waals surface area contributed by atoms with E-state index in [0.717, 1.165) is 16.3 Å². The van der Waals surface area contributed by atoms with Gasteiger partial charge in [0.1, 0.15) is 11.8 Å². The lowest BCUT2D eigenvalue weighted by atomic mass is 10.2. The van der Waals surface area contributed by atoms with E-state index in [4.69, 9.17) is 16.3 Å². The fourth-order valence-corrected chi connectivity index (χ4v) is 4.77. The molecule has 1 atom stereocenters. The fourth-order valence-electron chi connectivity index (χ4n) is 2.50. The van der Waals surface area contributed by atoms with Gasteiger partial charge in [0.05, 0.1) is 24.1 Å². The lowest BCUT2D eigenvalue weighted by Crippen LogP contribution is -2.49. The van der Waals surface area contributed by atoms with Crippen LogP contribution in [0.5, 0.6) is 5.75 Å². The highest BCUT2D eigenvalue weighted by Gasteiger charge is 2.31. The number of benzene rings is 1. The lowest BCUT2D eigenvalue weighted by Gasteiger charge is -2.30. The third kappa shape index (κ3) is 7.43. The first-order valence-electron chi connectivity index (χ1n) is 8.65. The van der Waals surface area contributed by atoms with Gasteiger partial charge in [0.2, 0.25) is 15.9 Å². The zero-order chi connectivity index (χ0) is 20.8. The van der Waals surface area contributed by atoms with Crippen molar-refractivity contribution in [3.63, 3.8) is 0 Å². The molecule has 0 saturated heterocycles. The zero-order valence-corrected chi connectivity index (χ0v) is 19.1. The molecule has 0 aliphatic carbocycles. The molecule has 6 nitrogen and oxygen atoms in total. The Morgan fingerprint density at radius 2 is 2.00 bits per heavy atom. The summed E-state index contributed by atoms with van der Waals surface area (Å²) >= 11 is 7.88. The Morgan fingerprint density at radius 3 is 2.44 bits per heavy atom. The van der Waals surface area contributed by atoms with Crippen molar-refractivity contribution in [3.8, 4) is 5.75 Å². The molecule has 1 N–H and O–H groups in total. The molecule has 0 aliphatic heterocycles. The van der Waals surface area contributed by atoms with Crippen LogP contribution in [0.2, 0.25) is 5.02 Å². The standard InChI is InChI=1S/C18H29ClN2O4S2/c1-7-15(17(22)20-10-11-26-18(2,3)4)21(27(6,23)24)13-8-9-16(25-5)14(19)12-13/h8-9,12,15H,7,10-11H2,1-6H3,(H,20,22)/t15-/m0/s1. The molecule has 154 valence electrons. The van der Waals surface area contributed by atoms with Crippen molar-refractivity contribution >= 4 is 45.0 Å². The largest absolute Gasteiger partial charge is 0.495 e. The number of anilines is 1. The van der Waals surface area contributed by atoms with E-state index >= 15 is 0 Å². The minimum absolute atomic E-state index is 0.105. The van der Waals surface area contributed by atoms with Crippen molar-refractivity contribution in [1.29, 1.82) is 0 Å². The summed E-state index contributed by atoms with van der Waals surface area (Å²) < 4.78 is 31.2. The number of nitrogens with zero attached hydrogens (tertiary/aromatic N) is 1. The van der Waals surface area contributed by atoms with Crippen LogP contribution in [-0.4, -0.2) is 50.8 Å². The third-order valence-corrected chi connectivity index (χ3v) is 6.41. The highest BCUT2D eigenvalue weighted by atomic mass is 35.5. The first kappa shape index (κ1) is 23.9. The summed E-state index contributed by atoms with van der Waals surface area (Å²) in [5, 5.41) is 3.12. The molecule has 0 fully saturated rings. The fraction of sp³-hybridized carbons (Fsp3) is 0.611. The molecule has 0 unspecified atom stereocenters. The van der Waals surface area contributed by atoms with Crippen LogP contribution in [0.15, 0.2) is 18.2 Å². The van der Waals surface area contributed by atoms with E-state index in [1.807, 2.05) is 0 Å². The minimum Gasteiger partial charge on any atom is -0.495 e. The van der Waals surface area contributed by atoms with Crippen molar-refractivity contribution in [2.45, 2.75) is 44.9 Å². The Kier molecular flexibility index (Phi) is 8.76. The second-order valence-electron chi connectivity index (χ2n) is 7.05. The van der Waals surface area contributed by atoms with Gasteiger partial charge >= 0.3 is 0 Å². The highest BCUT2D eigenvalue weighted by molar-refractivity contribution is 8.00. The molecule has 0 saturated carbocycles. The summed E-state index contributed by atoms with van der Waals surface area (Å²) in [6.45, 7) is 8.56. The van der Waals surface area contributed by atoms with Crippen LogP contribution in [0, 0.1) is 0 Å². The third-order valence-electron chi connectivity index (χ3n) is 3.66. The second-order valence-corrected chi connectivity index (χ2v) is 11.2. The maximum absolute atomic E-state index is 12.7. The van der Waals surface area contributed by atoms with Gasteiger partial charge in [-0.2, -0.15) is 11.8 Å². The Morgan fingerprint density at radius 1 is 1.37 bits per heavy atom. The summed E-state index contributed by atoms with van der Waals surface area (Å²) in [6, 6.07) is 3.80. The zero-order valence-electron chi connectivity index (χ0n) is 16.7. The first-order valence-corrected chi connectivity index (χ1v) is 11.9. The second kappa shape index (κ2) is 9.89. The average Bonchev–Trinajstić information content (AvgIpc) is 2.54. The smallest absolute Gasteiger partial charge is 0.243 e. The van der Waals surface area contributed by atoms with Gasteiger partial charge in [0.25, 0.3) is 0 Å². The quantitative estimate of drug-likeness (QED) is 0.599. The van der Waals surface area contributed by atoms with Crippen molar-refractivity contribution in [2.24, 2.45) is 0 Å². The number of thioether (sulfide) groups is 1. The van der Waals surface area contributed by atoms with E-state index in [0.29, 0.717) is 24.4 Å². The Bertz CT molecular complexity index is 748. The van der Waals surface area contributed by atoms with Gasteiger partial charge in [-0.15, -0.1) is 0 Å². The molecule has 1 aromatic rings. The van der Waals surface area contributed by atoms with Crippen molar-refractivity contribution < 1.29 is 17.9 Å². The first-order chi connectivity index (χ1) is 12.4. The van der Waals surface area contributed by atoms with Crippen LogP contribution in [0.3, 0.4) is 0 Å². The van der Waals surface area contributed by atoms with Gasteiger partial charge in [-0.25, -0.2) is 8.42 Å². The molecular formula is C18H29ClN2O4S2. The molecule has 0 radical (unpaired) electrons. The molecule has 9 heteroatoms. The maximum Gasteiger partial charge on any atom is 0.243 e. The topological polar surface area (TPSA) is 75.7 Å². The number of carbonyl (C=O) groups is 1. The summed E-state index contributed by atoms with van der Waals surface area (Å²) in [4.78, 5) is 12.7. The molecule has 27 heavy (non-hydrogen) atoms. The van der Waals surface area contributed by atoms with Gasteiger partial charge in [-0.3, -0.25) is 9.10 Å². The molecule has 1 amide bonds.